The smallest absolute Gasteiger partial charge is 0.0143 e. The van der Waals surface area contributed by atoms with Gasteiger partial charge < -0.3 is 5.32 Å². The van der Waals surface area contributed by atoms with Crippen LogP contribution in [-0.4, -0.2) is 6.54 Å². The summed E-state index contributed by atoms with van der Waals surface area (Å²) in [6.45, 7) is 14.2. The van der Waals surface area contributed by atoms with Crippen molar-refractivity contribution in [2.75, 3.05) is 6.54 Å². The molecule has 0 rings (SSSR count). The normalized spacial score (nSPS) is 11.4. The zero-order valence-corrected chi connectivity index (χ0v) is 10.4. The van der Waals surface area contributed by atoms with E-state index in [2.05, 4.69) is 39.6 Å². The first-order chi connectivity index (χ1) is 6.52. The fraction of sp³-hybridized carbons (Fsp3) is 0.846. The molecule has 0 aliphatic rings. The average Bonchev–Trinajstić information content (AvgIpc) is 2.13. The number of rotatable bonds is 8. The first-order valence-corrected chi connectivity index (χ1v) is 5.93. The van der Waals surface area contributed by atoms with Crippen molar-refractivity contribution in [3.8, 4) is 0 Å². The molecule has 0 bridgehead atoms. The minimum absolute atomic E-state index is 0.508. The van der Waals surface area contributed by atoms with E-state index in [0.717, 1.165) is 13.0 Å². The van der Waals surface area contributed by atoms with Gasteiger partial charge in [0.2, 0.25) is 0 Å². The lowest BCUT2D eigenvalue weighted by Crippen LogP contribution is -2.17. The van der Waals surface area contributed by atoms with Gasteiger partial charge in [-0.05, 0) is 24.7 Å². The van der Waals surface area contributed by atoms with E-state index in [9.17, 15) is 0 Å². The van der Waals surface area contributed by atoms with E-state index in [1.807, 2.05) is 0 Å². The first kappa shape index (κ1) is 13.5. The quantitative estimate of drug-likeness (QED) is 0.577. The van der Waals surface area contributed by atoms with Crippen LogP contribution in [0.15, 0.2) is 12.3 Å². The number of hydrogen-bond donors (Lipinski definition) is 1. The van der Waals surface area contributed by atoms with E-state index in [1.165, 1.54) is 31.4 Å². The van der Waals surface area contributed by atoms with Gasteiger partial charge in [0.05, 0.1) is 0 Å². The SMILES string of the molecule is C=C(CCC)NCCCC(C)(C)CC. The Morgan fingerprint density at radius 1 is 1.29 bits per heavy atom. The molecule has 0 aliphatic carbocycles. The van der Waals surface area contributed by atoms with Crippen LogP contribution in [0.2, 0.25) is 0 Å². The maximum atomic E-state index is 3.99. The minimum atomic E-state index is 0.508. The lowest BCUT2D eigenvalue weighted by molar-refractivity contribution is 0.312. The fourth-order valence-electron chi connectivity index (χ4n) is 1.40. The fourth-order valence-corrected chi connectivity index (χ4v) is 1.40. The second kappa shape index (κ2) is 6.92. The van der Waals surface area contributed by atoms with Crippen molar-refractivity contribution in [3.05, 3.63) is 12.3 Å². The first-order valence-electron chi connectivity index (χ1n) is 5.93. The molecule has 84 valence electrons. The Kier molecular flexibility index (Phi) is 6.69. The summed E-state index contributed by atoms with van der Waals surface area (Å²) in [6.07, 6.45) is 6.12. The number of nitrogens with one attached hydrogen (secondary N) is 1. The predicted octanol–water partition coefficient (Wildman–Crippen LogP) is 4.11. The average molecular weight is 197 g/mol. The van der Waals surface area contributed by atoms with E-state index >= 15 is 0 Å². The molecule has 1 heteroatoms. The third-order valence-electron chi connectivity index (χ3n) is 2.91. The molecule has 0 aromatic rings. The van der Waals surface area contributed by atoms with E-state index in [0.29, 0.717) is 5.41 Å². The van der Waals surface area contributed by atoms with Gasteiger partial charge in [0.25, 0.3) is 0 Å². The van der Waals surface area contributed by atoms with Crippen LogP contribution in [0.3, 0.4) is 0 Å². The van der Waals surface area contributed by atoms with Gasteiger partial charge in [-0.15, -0.1) is 0 Å². The van der Waals surface area contributed by atoms with Crippen LogP contribution in [0.5, 0.6) is 0 Å². The summed E-state index contributed by atoms with van der Waals surface area (Å²) in [7, 11) is 0. The molecule has 0 aromatic heterocycles. The Bertz CT molecular complexity index is 159. The highest BCUT2D eigenvalue weighted by atomic mass is 14.9. The molecule has 0 atom stereocenters. The Morgan fingerprint density at radius 3 is 2.43 bits per heavy atom. The highest BCUT2D eigenvalue weighted by Crippen LogP contribution is 2.25. The molecule has 0 aromatic carbocycles. The zero-order chi connectivity index (χ0) is 11.0. The van der Waals surface area contributed by atoms with Crippen LogP contribution in [0.4, 0.5) is 0 Å². The van der Waals surface area contributed by atoms with Crippen LogP contribution < -0.4 is 5.32 Å². The third kappa shape index (κ3) is 6.99. The predicted molar refractivity (Wildman–Crippen MR) is 65.4 cm³/mol. The minimum Gasteiger partial charge on any atom is -0.389 e. The standard InChI is InChI=1S/C13H27N/c1-6-9-12(3)14-11-8-10-13(4,5)7-2/h14H,3,6-11H2,1-2,4-5H3. The van der Waals surface area contributed by atoms with E-state index < -0.39 is 0 Å². The Hall–Kier alpha value is -0.460. The van der Waals surface area contributed by atoms with Crippen LogP contribution in [-0.2, 0) is 0 Å². The maximum absolute atomic E-state index is 3.99. The monoisotopic (exact) mass is 197 g/mol. The third-order valence-corrected chi connectivity index (χ3v) is 2.91. The molecule has 1 nitrogen and oxygen atoms in total. The van der Waals surface area contributed by atoms with Gasteiger partial charge in [-0.3, -0.25) is 0 Å². The molecule has 0 saturated heterocycles. The van der Waals surface area contributed by atoms with Crippen molar-refractivity contribution in [1.29, 1.82) is 0 Å². The van der Waals surface area contributed by atoms with Crippen LogP contribution in [0, 0.1) is 5.41 Å². The molecule has 0 aliphatic heterocycles. The molecule has 0 saturated carbocycles. The molecule has 0 unspecified atom stereocenters. The van der Waals surface area contributed by atoms with Crippen LogP contribution >= 0.6 is 0 Å². The van der Waals surface area contributed by atoms with Gasteiger partial charge in [-0.2, -0.15) is 0 Å². The number of allylic oxidation sites excluding steroid dienone is 1. The summed E-state index contributed by atoms with van der Waals surface area (Å²) in [6, 6.07) is 0. The highest BCUT2D eigenvalue weighted by molar-refractivity contribution is 4.89. The van der Waals surface area contributed by atoms with Crippen LogP contribution in [0.25, 0.3) is 0 Å². The Labute approximate surface area is 90.0 Å². The van der Waals surface area contributed by atoms with E-state index in [1.54, 1.807) is 0 Å². The topological polar surface area (TPSA) is 12.0 Å². The van der Waals surface area contributed by atoms with Crippen LogP contribution in [0.1, 0.15) is 59.8 Å². The molecule has 1 N–H and O–H groups in total. The summed E-state index contributed by atoms with van der Waals surface area (Å²) in [5, 5.41) is 3.39. The van der Waals surface area contributed by atoms with Crippen molar-refractivity contribution in [2.24, 2.45) is 5.41 Å². The van der Waals surface area contributed by atoms with Crippen molar-refractivity contribution in [3.63, 3.8) is 0 Å². The lowest BCUT2D eigenvalue weighted by atomic mass is 9.85. The maximum Gasteiger partial charge on any atom is 0.0143 e. The van der Waals surface area contributed by atoms with Gasteiger partial charge in [0, 0.05) is 12.2 Å². The molecular weight excluding hydrogens is 170 g/mol. The molecule has 0 fully saturated rings. The van der Waals surface area contributed by atoms with Gasteiger partial charge >= 0.3 is 0 Å². The number of hydrogen-bond acceptors (Lipinski definition) is 1. The highest BCUT2D eigenvalue weighted by Gasteiger charge is 2.13. The Balaban J connectivity index is 3.42. The molecule has 0 spiro atoms. The van der Waals surface area contributed by atoms with Gasteiger partial charge in [0.15, 0.2) is 0 Å². The second-order valence-electron chi connectivity index (χ2n) is 4.90. The van der Waals surface area contributed by atoms with E-state index in [4.69, 9.17) is 0 Å². The molecule has 0 heterocycles. The van der Waals surface area contributed by atoms with Crippen molar-refractivity contribution in [1.82, 2.24) is 5.32 Å². The zero-order valence-electron chi connectivity index (χ0n) is 10.4. The van der Waals surface area contributed by atoms with Crippen molar-refractivity contribution < 1.29 is 0 Å². The summed E-state index contributed by atoms with van der Waals surface area (Å²) < 4.78 is 0. The molecule has 0 radical (unpaired) electrons. The second-order valence-corrected chi connectivity index (χ2v) is 4.90. The van der Waals surface area contributed by atoms with Gasteiger partial charge in [0.1, 0.15) is 0 Å². The largest absolute Gasteiger partial charge is 0.389 e. The van der Waals surface area contributed by atoms with E-state index in [-0.39, 0.29) is 0 Å². The van der Waals surface area contributed by atoms with Gasteiger partial charge in [-0.1, -0.05) is 47.1 Å². The summed E-state index contributed by atoms with van der Waals surface area (Å²) in [5.74, 6) is 0. The lowest BCUT2D eigenvalue weighted by Gasteiger charge is -2.22. The summed E-state index contributed by atoms with van der Waals surface area (Å²) in [4.78, 5) is 0. The summed E-state index contributed by atoms with van der Waals surface area (Å²) >= 11 is 0. The molecular formula is C13H27N. The Morgan fingerprint density at radius 2 is 1.93 bits per heavy atom. The molecule has 0 amide bonds. The molecule has 14 heavy (non-hydrogen) atoms. The van der Waals surface area contributed by atoms with Crippen molar-refractivity contribution >= 4 is 0 Å². The van der Waals surface area contributed by atoms with Gasteiger partial charge in [-0.25, -0.2) is 0 Å². The summed E-state index contributed by atoms with van der Waals surface area (Å²) in [5.41, 5.74) is 1.70. The van der Waals surface area contributed by atoms with Crippen molar-refractivity contribution in [2.45, 2.75) is 59.8 Å².